The van der Waals surface area contributed by atoms with Gasteiger partial charge in [0, 0.05) is 38.3 Å². The monoisotopic (exact) mass is 365 g/mol. The minimum absolute atomic E-state index is 0.200. The van der Waals surface area contributed by atoms with Crippen molar-refractivity contribution in [1.82, 2.24) is 14.9 Å². The van der Waals surface area contributed by atoms with Crippen LogP contribution in [0.15, 0.2) is 41.3 Å². The van der Waals surface area contributed by atoms with Gasteiger partial charge in [0.25, 0.3) is 5.91 Å². The van der Waals surface area contributed by atoms with Gasteiger partial charge in [0.2, 0.25) is 15.9 Å². The molecule has 1 saturated heterocycles. The second-order valence-electron chi connectivity index (χ2n) is 5.72. The number of rotatable bonds is 6. The van der Waals surface area contributed by atoms with Crippen LogP contribution in [0.25, 0.3) is 0 Å². The number of piperidine rings is 1. The minimum atomic E-state index is -3.49. The molecule has 2 rings (SSSR count). The first-order valence-electron chi connectivity index (χ1n) is 8.22. The minimum Gasteiger partial charge on any atom is -0.356 e. The van der Waals surface area contributed by atoms with Gasteiger partial charge in [0.05, 0.1) is 4.90 Å². The van der Waals surface area contributed by atoms with Crippen LogP contribution in [0.3, 0.4) is 0 Å². The molecule has 2 amide bonds. The highest BCUT2D eigenvalue weighted by atomic mass is 32.2. The van der Waals surface area contributed by atoms with Gasteiger partial charge in [-0.2, -0.15) is 4.31 Å². The van der Waals surface area contributed by atoms with Gasteiger partial charge in [-0.1, -0.05) is 12.5 Å². The van der Waals surface area contributed by atoms with E-state index in [1.807, 2.05) is 0 Å². The van der Waals surface area contributed by atoms with Crippen LogP contribution >= 0.6 is 0 Å². The number of nitrogens with one attached hydrogen (secondary N) is 2. The van der Waals surface area contributed by atoms with Gasteiger partial charge < -0.3 is 10.6 Å². The molecule has 1 fully saturated rings. The summed E-state index contributed by atoms with van der Waals surface area (Å²) in [6, 6.07) is 5.90. The molecular weight excluding hydrogens is 342 g/mol. The third kappa shape index (κ3) is 5.14. The molecule has 1 aromatic rings. The van der Waals surface area contributed by atoms with Crippen molar-refractivity contribution >= 4 is 21.8 Å². The number of amides is 2. The molecular formula is C17H23N3O4S. The lowest BCUT2D eigenvalue weighted by atomic mass is 10.2. The molecule has 1 heterocycles. The second kappa shape index (κ2) is 8.77. The summed E-state index contributed by atoms with van der Waals surface area (Å²) in [5, 5.41) is 5.07. The summed E-state index contributed by atoms with van der Waals surface area (Å²) in [5.41, 5.74) is 0.367. The smallest absolute Gasteiger partial charge is 0.251 e. The average molecular weight is 365 g/mol. The van der Waals surface area contributed by atoms with Crippen LogP contribution in [0.5, 0.6) is 0 Å². The van der Waals surface area contributed by atoms with E-state index in [-0.39, 0.29) is 23.3 Å². The van der Waals surface area contributed by atoms with Crippen molar-refractivity contribution in [2.24, 2.45) is 0 Å². The Balaban J connectivity index is 1.98. The summed E-state index contributed by atoms with van der Waals surface area (Å²) < 4.78 is 26.6. The van der Waals surface area contributed by atoms with Crippen molar-refractivity contribution in [3.05, 3.63) is 42.0 Å². The van der Waals surface area contributed by atoms with Crippen LogP contribution in [-0.2, 0) is 14.8 Å². The van der Waals surface area contributed by atoms with Crippen molar-refractivity contribution < 1.29 is 18.0 Å². The molecule has 1 aliphatic rings. The predicted molar refractivity (Wildman–Crippen MR) is 94.6 cm³/mol. The second-order valence-corrected chi connectivity index (χ2v) is 7.65. The highest BCUT2D eigenvalue weighted by Gasteiger charge is 2.25. The van der Waals surface area contributed by atoms with E-state index < -0.39 is 10.0 Å². The van der Waals surface area contributed by atoms with Crippen LogP contribution < -0.4 is 10.6 Å². The summed E-state index contributed by atoms with van der Waals surface area (Å²) in [6.07, 6.45) is 5.67. The number of hydrogen-bond acceptors (Lipinski definition) is 4. The Kier molecular flexibility index (Phi) is 6.72. The standard InChI is InChI=1S/C17H23N3O4S/c1-18-16(21)6-5-11-19-17(22)14-7-9-15(10-8-14)25(23,24)20-12-3-2-4-13-20/h5-10H,2-4,11-13H2,1H3,(H,18,21)(H,19,22)/b6-5+. The largest absolute Gasteiger partial charge is 0.356 e. The van der Waals surface area contributed by atoms with Gasteiger partial charge >= 0.3 is 0 Å². The van der Waals surface area contributed by atoms with Crippen LogP contribution in [0.2, 0.25) is 0 Å². The lowest BCUT2D eigenvalue weighted by molar-refractivity contribution is -0.116. The van der Waals surface area contributed by atoms with E-state index in [0.717, 1.165) is 19.3 Å². The van der Waals surface area contributed by atoms with Crippen molar-refractivity contribution in [3.63, 3.8) is 0 Å². The molecule has 0 bridgehead atoms. The van der Waals surface area contributed by atoms with E-state index in [4.69, 9.17) is 0 Å². The zero-order valence-corrected chi connectivity index (χ0v) is 15.0. The van der Waals surface area contributed by atoms with Gasteiger partial charge in [-0.3, -0.25) is 9.59 Å². The first-order chi connectivity index (χ1) is 11.9. The maximum atomic E-state index is 12.5. The molecule has 25 heavy (non-hydrogen) atoms. The maximum Gasteiger partial charge on any atom is 0.251 e. The zero-order valence-electron chi connectivity index (χ0n) is 14.2. The molecule has 0 saturated carbocycles. The topological polar surface area (TPSA) is 95.6 Å². The van der Waals surface area contributed by atoms with Crippen LogP contribution in [0.4, 0.5) is 0 Å². The fraction of sp³-hybridized carbons (Fsp3) is 0.412. The highest BCUT2D eigenvalue weighted by Crippen LogP contribution is 2.20. The van der Waals surface area contributed by atoms with Crippen LogP contribution in [0.1, 0.15) is 29.6 Å². The van der Waals surface area contributed by atoms with Crippen molar-refractivity contribution in [3.8, 4) is 0 Å². The molecule has 0 radical (unpaired) electrons. The van der Waals surface area contributed by atoms with E-state index in [2.05, 4.69) is 10.6 Å². The maximum absolute atomic E-state index is 12.5. The van der Waals surface area contributed by atoms with Gasteiger partial charge in [0.15, 0.2) is 0 Å². The summed E-state index contributed by atoms with van der Waals surface area (Å²) >= 11 is 0. The number of benzene rings is 1. The molecule has 0 aliphatic carbocycles. The molecule has 0 atom stereocenters. The van der Waals surface area contributed by atoms with Crippen molar-refractivity contribution in [2.75, 3.05) is 26.7 Å². The van der Waals surface area contributed by atoms with Gasteiger partial charge in [-0.25, -0.2) is 8.42 Å². The third-order valence-corrected chi connectivity index (χ3v) is 5.88. The molecule has 0 aromatic heterocycles. The third-order valence-electron chi connectivity index (χ3n) is 3.97. The first-order valence-corrected chi connectivity index (χ1v) is 9.66. The van der Waals surface area contributed by atoms with E-state index >= 15 is 0 Å². The van der Waals surface area contributed by atoms with Crippen molar-refractivity contribution in [1.29, 1.82) is 0 Å². The number of likely N-dealkylation sites (N-methyl/N-ethyl adjacent to an activating group) is 1. The number of carbonyl (C=O) groups excluding carboxylic acids is 2. The fourth-order valence-electron chi connectivity index (χ4n) is 2.54. The number of carbonyl (C=O) groups is 2. The SMILES string of the molecule is CNC(=O)/C=C/CNC(=O)c1ccc(S(=O)(=O)N2CCCCC2)cc1. The van der Waals surface area contributed by atoms with E-state index in [1.165, 1.54) is 47.8 Å². The van der Waals surface area contributed by atoms with Crippen molar-refractivity contribution in [2.45, 2.75) is 24.2 Å². The van der Waals surface area contributed by atoms with Gasteiger partial charge in [-0.05, 0) is 37.1 Å². The van der Waals surface area contributed by atoms with Crippen LogP contribution in [0, 0.1) is 0 Å². The lowest BCUT2D eigenvalue weighted by Gasteiger charge is -2.25. The quantitative estimate of drug-likeness (QED) is 0.732. The van der Waals surface area contributed by atoms with E-state index in [1.54, 1.807) is 0 Å². The van der Waals surface area contributed by atoms with Crippen LogP contribution in [-0.4, -0.2) is 51.2 Å². The normalized spacial score (nSPS) is 15.9. The predicted octanol–water partition coefficient (Wildman–Crippen LogP) is 0.893. The Morgan fingerprint density at radius 3 is 2.36 bits per heavy atom. The lowest BCUT2D eigenvalue weighted by Crippen LogP contribution is -2.35. The summed E-state index contributed by atoms with van der Waals surface area (Å²) in [5.74, 6) is -0.579. The number of sulfonamides is 1. The molecule has 1 aliphatic heterocycles. The fourth-order valence-corrected chi connectivity index (χ4v) is 4.05. The van der Waals surface area contributed by atoms with E-state index in [9.17, 15) is 18.0 Å². The van der Waals surface area contributed by atoms with E-state index in [0.29, 0.717) is 18.7 Å². The molecule has 136 valence electrons. The molecule has 7 nitrogen and oxygen atoms in total. The Morgan fingerprint density at radius 1 is 1.12 bits per heavy atom. The summed E-state index contributed by atoms with van der Waals surface area (Å²) in [6.45, 7) is 1.30. The Morgan fingerprint density at radius 2 is 1.76 bits per heavy atom. The Bertz CT molecular complexity index is 736. The number of hydrogen-bond donors (Lipinski definition) is 2. The average Bonchev–Trinajstić information content (AvgIpc) is 2.65. The molecule has 2 N–H and O–H groups in total. The molecule has 0 unspecified atom stereocenters. The zero-order chi connectivity index (χ0) is 18.3. The Labute approximate surface area is 148 Å². The van der Waals surface area contributed by atoms with Gasteiger partial charge in [0.1, 0.15) is 0 Å². The number of nitrogens with zero attached hydrogens (tertiary/aromatic N) is 1. The molecule has 8 heteroatoms. The molecule has 1 aromatic carbocycles. The Hall–Kier alpha value is -2.19. The van der Waals surface area contributed by atoms with Gasteiger partial charge in [-0.15, -0.1) is 0 Å². The summed E-state index contributed by atoms with van der Waals surface area (Å²) in [4.78, 5) is 23.2. The summed E-state index contributed by atoms with van der Waals surface area (Å²) in [7, 11) is -1.97. The highest BCUT2D eigenvalue weighted by molar-refractivity contribution is 7.89. The first kappa shape index (κ1) is 19.1. The molecule has 0 spiro atoms.